The van der Waals surface area contributed by atoms with Gasteiger partial charge in [0.2, 0.25) is 0 Å². The molecule has 0 bridgehead atoms. The molecule has 0 aliphatic rings. The first-order valence-corrected chi connectivity index (χ1v) is 8.23. The van der Waals surface area contributed by atoms with Crippen molar-refractivity contribution >= 4 is 11.9 Å². The van der Waals surface area contributed by atoms with Crippen molar-refractivity contribution < 1.29 is 37.0 Å². The third kappa shape index (κ3) is 6.79. The Kier molecular flexibility index (Phi) is 7.20. The molecule has 2 aromatic carbocycles. The number of esters is 2. The van der Waals surface area contributed by atoms with Crippen molar-refractivity contribution in [1.29, 1.82) is 0 Å². The standard InChI is InChI=1S/C20H17F3O5/c1-2-18(24)27-16-6-3-4-7-17(16)28-19(25)14-8-10-15(11-9-14)26-13-5-12-20(21,22)23/h2-4,6-11H,1,5,12-13H2. The highest BCUT2D eigenvalue weighted by Crippen LogP contribution is 2.28. The number of halogens is 3. The van der Waals surface area contributed by atoms with Crippen molar-refractivity contribution in [2.75, 3.05) is 6.61 Å². The lowest BCUT2D eigenvalue weighted by atomic mass is 10.2. The molecule has 0 radical (unpaired) electrons. The van der Waals surface area contributed by atoms with Gasteiger partial charge in [-0.2, -0.15) is 13.2 Å². The average molecular weight is 394 g/mol. The summed E-state index contributed by atoms with van der Waals surface area (Å²) < 4.78 is 51.7. The van der Waals surface area contributed by atoms with E-state index in [1.54, 1.807) is 12.1 Å². The SMILES string of the molecule is C=CC(=O)Oc1ccccc1OC(=O)c1ccc(OCCCC(F)(F)F)cc1. The van der Waals surface area contributed by atoms with Crippen molar-refractivity contribution in [3.05, 3.63) is 66.7 Å². The number of alkyl halides is 3. The second-order valence-corrected chi connectivity index (χ2v) is 5.55. The predicted octanol–water partition coefficient (Wildman–Crippen LogP) is 4.72. The van der Waals surface area contributed by atoms with Crippen LogP contribution in [0, 0.1) is 0 Å². The number of carbonyl (C=O) groups excluding carboxylic acids is 2. The van der Waals surface area contributed by atoms with Gasteiger partial charge in [0.15, 0.2) is 11.5 Å². The summed E-state index contributed by atoms with van der Waals surface area (Å²) >= 11 is 0. The summed E-state index contributed by atoms with van der Waals surface area (Å²) in [5.74, 6) is -0.958. The molecule has 2 rings (SSSR count). The van der Waals surface area contributed by atoms with Crippen LogP contribution in [0.4, 0.5) is 13.2 Å². The molecule has 0 aliphatic carbocycles. The van der Waals surface area contributed by atoms with E-state index in [0.717, 1.165) is 6.08 Å². The van der Waals surface area contributed by atoms with Crippen molar-refractivity contribution in [3.63, 3.8) is 0 Å². The minimum atomic E-state index is -4.22. The Morgan fingerprint density at radius 2 is 1.57 bits per heavy atom. The van der Waals surface area contributed by atoms with Crippen molar-refractivity contribution in [2.45, 2.75) is 19.0 Å². The zero-order valence-electron chi connectivity index (χ0n) is 14.7. The number of rotatable bonds is 8. The molecule has 0 heterocycles. The maximum Gasteiger partial charge on any atom is 0.389 e. The van der Waals surface area contributed by atoms with E-state index in [0.29, 0.717) is 5.75 Å². The van der Waals surface area contributed by atoms with Gasteiger partial charge >= 0.3 is 18.1 Å². The van der Waals surface area contributed by atoms with Crippen LogP contribution in [0.1, 0.15) is 23.2 Å². The fraction of sp³-hybridized carbons (Fsp3) is 0.200. The van der Waals surface area contributed by atoms with E-state index in [1.165, 1.54) is 36.4 Å². The van der Waals surface area contributed by atoms with Crippen molar-refractivity contribution in [2.24, 2.45) is 0 Å². The van der Waals surface area contributed by atoms with E-state index >= 15 is 0 Å². The van der Waals surface area contributed by atoms with Crippen LogP contribution in [0.25, 0.3) is 0 Å². The van der Waals surface area contributed by atoms with Crippen molar-refractivity contribution in [1.82, 2.24) is 0 Å². The van der Waals surface area contributed by atoms with Gasteiger partial charge < -0.3 is 14.2 Å². The van der Waals surface area contributed by atoms with Crippen LogP contribution < -0.4 is 14.2 Å². The first-order valence-electron chi connectivity index (χ1n) is 8.23. The maximum absolute atomic E-state index is 12.3. The number of benzene rings is 2. The van der Waals surface area contributed by atoms with Gasteiger partial charge in [-0.3, -0.25) is 0 Å². The minimum Gasteiger partial charge on any atom is -0.494 e. The molecule has 0 amide bonds. The van der Waals surface area contributed by atoms with Gasteiger partial charge in [-0.1, -0.05) is 18.7 Å². The zero-order chi connectivity index (χ0) is 20.6. The summed E-state index contributed by atoms with van der Waals surface area (Å²) in [6, 6.07) is 11.9. The van der Waals surface area contributed by atoms with Crippen LogP contribution in [0.2, 0.25) is 0 Å². The second-order valence-electron chi connectivity index (χ2n) is 5.55. The Morgan fingerprint density at radius 1 is 0.964 bits per heavy atom. The smallest absolute Gasteiger partial charge is 0.389 e. The molecule has 0 saturated heterocycles. The summed E-state index contributed by atoms with van der Waals surface area (Å²) in [5.41, 5.74) is 0.187. The van der Waals surface area contributed by atoms with Crippen LogP contribution in [0.15, 0.2) is 61.2 Å². The average Bonchev–Trinajstić information content (AvgIpc) is 2.66. The molecule has 0 fully saturated rings. The topological polar surface area (TPSA) is 61.8 Å². The van der Waals surface area contributed by atoms with Gasteiger partial charge in [0.05, 0.1) is 12.2 Å². The Labute approximate surface area is 159 Å². The molecule has 5 nitrogen and oxygen atoms in total. The molecule has 0 atom stereocenters. The zero-order valence-corrected chi connectivity index (χ0v) is 14.7. The number of para-hydroxylation sites is 2. The van der Waals surface area contributed by atoms with E-state index in [1.807, 2.05) is 0 Å². The molecule has 0 aromatic heterocycles. The van der Waals surface area contributed by atoms with E-state index < -0.39 is 24.5 Å². The quantitative estimate of drug-likeness (QED) is 0.281. The molecule has 148 valence electrons. The lowest BCUT2D eigenvalue weighted by Gasteiger charge is -2.10. The van der Waals surface area contributed by atoms with Gasteiger partial charge in [-0.05, 0) is 42.8 Å². The Bertz CT molecular complexity index is 828. The van der Waals surface area contributed by atoms with E-state index in [4.69, 9.17) is 14.2 Å². The second kappa shape index (κ2) is 9.59. The van der Waals surface area contributed by atoms with Gasteiger partial charge in [0.1, 0.15) is 5.75 Å². The van der Waals surface area contributed by atoms with Crippen LogP contribution in [-0.2, 0) is 4.79 Å². The molecule has 8 heteroatoms. The summed E-state index contributed by atoms with van der Waals surface area (Å²) in [4.78, 5) is 23.6. The fourth-order valence-corrected chi connectivity index (χ4v) is 2.08. The van der Waals surface area contributed by atoms with E-state index in [9.17, 15) is 22.8 Å². The summed E-state index contributed by atoms with van der Waals surface area (Å²) in [6.07, 6.45) is -4.32. The molecule has 2 aromatic rings. The van der Waals surface area contributed by atoms with Crippen LogP contribution in [0.5, 0.6) is 17.2 Å². The molecule has 28 heavy (non-hydrogen) atoms. The van der Waals surface area contributed by atoms with Crippen LogP contribution >= 0.6 is 0 Å². The predicted molar refractivity (Wildman–Crippen MR) is 94.5 cm³/mol. The molecular formula is C20H17F3O5. The molecule has 0 saturated carbocycles. The number of ether oxygens (including phenoxy) is 3. The highest BCUT2D eigenvalue weighted by molar-refractivity contribution is 5.91. The van der Waals surface area contributed by atoms with E-state index in [2.05, 4.69) is 6.58 Å². The van der Waals surface area contributed by atoms with Gasteiger partial charge in [-0.15, -0.1) is 0 Å². The highest BCUT2D eigenvalue weighted by Gasteiger charge is 2.26. The minimum absolute atomic E-state index is 0.0511. The van der Waals surface area contributed by atoms with Gasteiger partial charge in [-0.25, -0.2) is 9.59 Å². The Morgan fingerprint density at radius 3 is 2.14 bits per heavy atom. The Hall–Kier alpha value is -3.29. The van der Waals surface area contributed by atoms with Crippen LogP contribution in [0.3, 0.4) is 0 Å². The molecule has 0 spiro atoms. The third-order valence-corrected chi connectivity index (χ3v) is 3.39. The lowest BCUT2D eigenvalue weighted by molar-refractivity contribution is -0.136. The normalized spacial score (nSPS) is 10.8. The number of hydrogen-bond acceptors (Lipinski definition) is 5. The first kappa shape index (κ1) is 21.0. The summed E-state index contributed by atoms with van der Waals surface area (Å²) in [6.45, 7) is 3.20. The molecule has 0 aliphatic heterocycles. The van der Waals surface area contributed by atoms with Crippen LogP contribution in [-0.4, -0.2) is 24.7 Å². The monoisotopic (exact) mass is 394 g/mol. The van der Waals surface area contributed by atoms with Gasteiger partial charge in [0.25, 0.3) is 0 Å². The summed E-state index contributed by atoms with van der Waals surface area (Å²) in [7, 11) is 0. The van der Waals surface area contributed by atoms with Crippen molar-refractivity contribution in [3.8, 4) is 17.2 Å². The van der Waals surface area contributed by atoms with Gasteiger partial charge in [0, 0.05) is 12.5 Å². The van der Waals surface area contributed by atoms with E-state index in [-0.39, 0.29) is 30.1 Å². The third-order valence-electron chi connectivity index (χ3n) is 3.39. The maximum atomic E-state index is 12.3. The largest absolute Gasteiger partial charge is 0.494 e. The molecule has 0 N–H and O–H groups in total. The first-order chi connectivity index (χ1) is 13.3. The Balaban J connectivity index is 1.95. The molecular weight excluding hydrogens is 377 g/mol. The highest BCUT2D eigenvalue weighted by atomic mass is 19.4. The summed E-state index contributed by atoms with van der Waals surface area (Å²) in [5, 5.41) is 0. The molecule has 0 unspecified atom stereocenters. The number of hydrogen-bond donors (Lipinski definition) is 0. The fourth-order valence-electron chi connectivity index (χ4n) is 2.08. The lowest BCUT2D eigenvalue weighted by Crippen LogP contribution is -2.11. The number of carbonyl (C=O) groups is 2.